The number of carbonyl (C=O) groups excluding carboxylic acids is 1. The molecule has 1 saturated heterocycles. The van der Waals surface area contributed by atoms with Crippen LogP contribution in [0.2, 0.25) is 5.02 Å². The maximum Gasteiger partial charge on any atom is 0.251 e. The number of ether oxygens (including phenoxy) is 1. The Bertz CT molecular complexity index is 1470. The van der Waals surface area contributed by atoms with E-state index >= 15 is 0 Å². The van der Waals surface area contributed by atoms with Gasteiger partial charge >= 0.3 is 0 Å². The minimum Gasteiger partial charge on any atom is -0.497 e. The number of carbonyl (C=O) groups is 1. The van der Waals surface area contributed by atoms with Crippen LogP contribution in [0.1, 0.15) is 41.3 Å². The molecule has 0 bridgehead atoms. The van der Waals surface area contributed by atoms with E-state index in [0.29, 0.717) is 54.4 Å². The smallest absolute Gasteiger partial charge is 0.251 e. The Kier molecular flexibility index (Phi) is 13.0. The number of methoxy groups -OCH3 is 1. The average Bonchev–Trinajstić information content (AvgIpc) is 2.97. The molecular formula is C31H40Cl2N4O5S. The van der Waals surface area contributed by atoms with Gasteiger partial charge in [0.25, 0.3) is 5.91 Å². The van der Waals surface area contributed by atoms with Crippen LogP contribution in [0.3, 0.4) is 0 Å². The Hall–Kier alpha value is -3.02. The summed E-state index contributed by atoms with van der Waals surface area (Å²) in [4.78, 5) is 13.7. The standard InChI is InChI=1S/C31H39ClN4O5S.ClH/c1-3-34-25-16-24(17-26(19-25)36-13-6-7-14-42(36,39)40)31(38)35-29(18-23-10-4-5-12-28(23)32)30(37)21-33-20-22-9-8-11-27(15-22)41-2;/h4-5,8-12,15-17,19,29-30,33-34,37H,3,6-7,13-14,18,20-21H2,1-2H3,(H,35,38);1H/t29-,30+;/m0./s1. The van der Waals surface area contributed by atoms with Gasteiger partial charge in [-0.1, -0.05) is 41.9 Å². The van der Waals surface area contributed by atoms with Gasteiger partial charge in [-0.25, -0.2) is 8.42 Å². The Morgan fingerprint density at radius 2 is 1.88 bits per heavy atom. The summed E-state index contributed by atoms with van der Waals surface area (Å²) in [6.07, 6.45) is 0.719. The van der Waals surface area contributed by atoms with E-state index in [1.807, 2.05) is 49.4 Å². The Morgan fingerprint density at radius 3 is 2.60 bits per heavy atom. The highest BCUT2D eigenvalue weighted by molar-refractivity contribution is 7.92. The summed E-state index contributed by atoms with van der Waals surface area (Å²) in [5.41, 5.74) is 3.17. The van der Waals surface area contributed by atoms with Gasteiger partial charge in [-0.2, -0.15) is 0 Å². The molecule has 1 heterocycles. The van der Waals surface area contributed by atoms with E-state index in [4.69, 9.17) is 16.3 Å². The lowest BCUT2D eigenvalue weighted by Gasteiger charge is -2.29. The number of hydrogen-bond acceptors (Lipinski definition) is 7. The third kappa shape index (κ3) is 9.48. The number of amides is 1. The Labute approximate surface area is 265 Å². The zero-order chi connectivity index (χ0) is 30.1. The molecule has 234 valence electrons. The quantitative estimate of drug-likeness (QED) is 0.213. The molecule has 3 aromatic rings. The van der Waals surface area contributed by atoms with E-state index < -0.39 is 28.1 Å². The molecule has 0 aromatic heterocycles. The van der Waals surface area contributed by atoms with Crippen molar-refractivity contribution in [3.63, 3.8) is 0 Å². The lowest BCUT2D eigenvalue weighted by atomic mass is 10.00. The zero-order valence-electron chi connectivity index (χ0n) is 24.4. The molecule has 0 saturated carbocycles. The maximum absolute atomic E-state index is 13.7. The fraction of sp³-hybridized carbons (Fsp3) is 0.387. The van der Waals surface area contributed by atoms with Crippen molar-refractivity contribution in [1.82, 2.24) is 10.6 Å². The topological polar surface area (TPSA) is 120 Å². The molecule has 12 heteroatoms. The second-order valence-corrected chi connectivity index (χ2v) is 12.7. The van der Waals surface area contributed by atoms with Gasteiger partial charge in [-0.3, -0.25) is 9.10 Å². The van der Waals surface area contributed by atoms with Crippen LogP contribution in [0, 0.1) is 0 Å². The first-order valence-electron chi connectivity index (χ1n) is 14.2. The molecule has 1 fully saturated rings. The van der Waals surface area contributed by atoms with Crippen LogP contribution in [0.15, 0.2) is 66.7 Å². The predicted molar refractivity (Wildman–Crippen MR) is 175 cm³/mol. The SMILES string of the molecule is CCNc1cc(C(=O)N[C@@H](Cc2ccccc2Cl)[C@H](O)CNCc2cccc(OC)c2)cc(N2CCCCS2(=O)=O)c1.Cl. The summed E-state index contributed by atoms with van der Waals surface area (Å²) in [5, 5.41) is 21.2. The zero-order valence-corrected chi connectivity index (χ0v) is 26.8. The van der Waals surface area contributed by atoms with E-state index in [1.54, 1.807) is 31.4 Å². The van der Waals surface area contributed by atoms with Crippen LogP contribution in [0.4, 0.5) is 11.4 Å². The number of benzene rings is 3. The van der Waals surface area contributed by atoms with E-state index in [9.17, 15) is 18.3 Å². The van der Waals surface area contributed by atoms with Gasteiger partial charge in [0.2, 0.25) is 10.0 Å². The van der Waals surface area contributed by atoms with E-state index in [1.165, 1.54) is 4.31 Å². The number of halogens is 2. The van der Waals surface area contributed by atoms with Crippen molar-refractivity contribution in [3.05, 3.63) is 88.4 Å². The van der Waals surface area contributed by atoms with Crippen LogP contribution in [-0.4, -0.2) is 64.1 Å². The lowest BCUT2D eigenvalue weighted by Crippen LogP contribution is -2.48. The monoisotopic (exact) mass is 650 g/mol. The minimum atomic E-state index is -3.47. The highest BCUT2D eigenvalue weighted by Crippen LogP contribution is 2.28. The number of hydrogen-bond donors (Lipinski definition) is 4. The molecule has 0 unspecified atom stereocenters. The number of anilines is 2. The first kappa shape index (κ1) is 34.5. The summed E-state index contributed by atoms with van der Waals surface area (Å²) in [7, 11) is -1.86. The number of nitrogens with zero attached hydrogens (tertiary/aromatic N) is 1. The first-order chi connectivity index (χ1) is 20.2. The van der Waals surface area contributed by atoms with Gasteiger partial charge in [-0.15, -0.1) is 12.4 Å². The molecule has 1 amide bonds. The summed E-state index contributed by atoms with van der Waals surface area (Å²) >= 11 is 6.44. The number of aliphatic hydroxyl groups is 1. The number of nitrogens with one attached hydrogen (secondary N) is 3. The third-order valence-electron chi connectivity index (χ3n) is 7.19. The van der Waals surface area contributed by atoms with Crippen LogP contribution < -0.4 is 25.0 Å². The largest absolute Gasteiger partial charge is 0.497 e. The van der Waals surface area contributed by atoms with E-state index in [-0.39, 0.29) is 24.7 Å². The van der Waals surface area contributed by atoms with Crippen molar-refractivity contribution < 1.29 is 23.1 Å². The van der Waals surface area contributed by atoms with Crippen LogP contribution in [0.25, 0.3) is 0 Å². The lowest BCUT2D eigenvalue weighted by molar-refractivity contribution is 0.0830. The summed E-state index contributed by atoms with van der Waals surface area (Å²) < 4.78 is 32.3. The van der Waals surface area contributed by atoms with Gasteiger partial charge < -0.3 is 25.8 Å². The number of sulfonamides is 1. The van der Waals surface area contributed by atoms with Crippen LogP contribution in [-0.2, 0) is 23.0 Å². The maximum atomic E-state index is 13.7. The molecular weight excluding hydrogens is 611 g/mol. The molecule has 0 radical (unpaired) electrons. The first-order valence-corrected chi connectivity index (χ1v) is 16.1. The second kappa shape index (κ2) is 16.2. The van der Waals surface area contributed by atoms with Gasteiger partial charge in [-0.05, 0) is 73.7 Å². The van der Waals surface area contributed by atoms with Crippen molar-refractivity contribution in [2.24, 2.45) is 0 Å². The average molecular weight is 652 g/mol. The van der Waals surface area contributed by atoms with Crippen molar-refractivity contribution in [2.75, 3.05) is 42.1 Å². The summed E-state index contributed by atoms with van der Waals surface area (Å²) in [6.45, 7) is 3.61. The van der Waals surface area contributed by atoms with Gasteiger partial charge in [0.1, 0.15) is 5.75 Å². The van der Waals surface area contributed by atoms with Crippen LogP contribution in [0.5, 0.6) is 5.75 Å². The normalized spacial score (nSPS) is 15.6. The van der Waals surface area contributed by atoms with Crippen LogP contribution >= 0.6 is 24.0 Å². The van der Waals surface area contributed by atoms with E-state index in [2.05, 4.69) is 16.0 Å². The Morgan fingerprint density at radius 1 is 1.09 bits per heavy atom. The van der Waals surface area contributed by atoms with E-state index in [0.717, 1.165) is 23.3 Å². The minimum absolute atomic E-state index is 0. The molecule has 1 aliphatic heterocycles. The van der Waals surface area contributed by atoms with Gasteiger partial charge in [0.15, 0.2) is 0 Å². The van der Waals surface area contributed by atoms with Crippen molar-refractivity contribution in [1.29, 1.82) is 0 Å². The highest BCUT2D eigenvalue weighted by Gasteiger charge is 2.28. The predicted octanol–water partition coefficient (Wildman–Crippen LogP) is 4.62. The molecule has 0 spiro atoms. The fourth-order valence-electron chi connectivity index (χ4n) is 5.00. The molecule has 9 nitrogen and oxygen atoms in total. The molecule has 0 aliphatic carbocycles. The van der Waals surface area contributed by atoms with Crippen molar-refractivity contribution in [2.45, 2.75) is 44.9 Å². The second-order valence-electron chi connectivity index (χ2n) is 10.3. The van der Waals surface area contributed by atoms with Gasteiger partial charge in [0.05, 0.1) is 30.7 Å². The van der Waals surface area contributed by atoms with Crippen molar-refractivity contribution in [3.8, 4) is 5.75 Å². The molecule has 4 rings (SSSR count). The summed E-state index contributed by atoms with van der Waals surface area (Å²) in [6, 6.07) is 19.3. The van der Waals surface area contributed by atoms with Gasteiger partial charge in [0, 0.05) is 42.5 Å². The van der Waals surface area contributed by atoms with Crippen molar-refractivity contribution >= 4 is 51.3 Å². The number of aliphatic hydroxyl groups excluding tert-OH is 1. The third-order valence-corrected chi connectivity index (χ3v) is 9.43. The molecule has 1 aliphatic rings. The number of rotatable bonds is 13. The molecule has 43 heavy (non-hydrogen) atoms. The fourth-order valence-corrected chi connectivity index (χ4v) is 6.83. The summed E-state index contributed by atoms with van der Waals surface area (Å²) in [5.74, 6) is 0.402. The molecule has 4 N–H and O–H groups in total. The highest BCUT2D eigenvalue weighted by atomic mass is 35.5. The molecule has 3 aromatic carbocycles. The molecule has 2 atom stereocenters. The Balaban J connectivity index is 0.00000506.